The van der Waals surface area contributed by atoms with Gasteiger partial charge in [-0.1, -0.05) is 42.5 Å². The van der Waals surface area contributed by atoms with E-state index in [0.717, 1.165) is 6.26 Å². The summed E-state index contributed by atoms with van der Waals surface area (Å²) in [5, 5.41) is 4.56. The molecule has 0 bridgehead atoms. The average molecular weight is 418 g/mol. The summed E-state index contributed by atoms with van der Waals surface area (Å²) in [6.07, 6.45) is -0.264. The highest BCUT2D eigenvalue weighted by Crippen LogP contribution is 2.20. The van der Waals surface area contributed by atoms with Crippen LogP contribution >= 0.6 is 0 Å². The molecule has 0 radical (unpaired) electrons. The van der Waals surface area contributed by atoms with E-state index >= 15 is 0 Å². The number of carbonyl (C=O) groups is 3. The van der Waals surface area contributed by atoms with Crippen LogP contribution in [-0.2, 0) is 25.1 Å². The third-order valence-corrected chi connectivity index (χ3v) is 4.59. The molecule has 2 aromatic rings. The summed E-state index contributed by atoms with van der Waals surface area (Å²) in [5.41, 5.74) is 0.901. The fourth-order valence-electron chi connectivity index (χ4n) is 2.55. The minimum atomic E-state index is -3.28. The lowest BCUT2D eigenvalue weighted by Crippen LogP contribution is -2.42. The number of hydrogen-bond donors (Lipinski definition) is 2. The lowest BCUT2D eigenvalue weighted by Gasteiger charge is -2.18. The van der Waals surface area contributed by atoms with Crippen molar-refractivity contribution in [1.29, 1.82) is 0 Å². The summed E-state index contributed by atoms with van der Waals surface area (Å²) in [4.78, 5) is 36.8. The van der Waals surface area contributed by atoms with Crippen molar-refractivity contribution in [2.45, 2.75) is 18.8 Å². The Morgan fingerprint density at radius 2 is 1.72 bits per heavy atom. The van der Waals surface area contributed by atoms with Crippen molar-refractivity contribution in [3.63, 3.8) is 0 Å². The van der Waals surface area contributed by atoms with Crippen molar-refractivity contribution in [1.82, 2.24) is 10.6 Å². The number of ether oxygens (including phenoxy) is 1. The second kappa shape index (κ2) is 9.83. The van der Waals surface area contributed by atoms with Crippen molar-refractivity contribution in [3.05, 3.63) is 71.3 Å². The van der Waals surface area contributed by atoms with Crippen molar-refractivity contribution >= 4 is 27.7 Å². The minimum absolute atomic E-state index is 0.0953. The SMILES string of the molecule is CCNC(=O)NC(=O)[C@@H](OC(=O)c1cccc(CS(C)(=O)=O)c1)c1ccccc1. The molecule has 2 rings (SSSR count). The van der Waals surface area contributed by atoms with E-state index in [0.29, 0.717) is 17.7 Å². The summed E-state index contributed by atoms with van der Waals surface area (Å²) >= 11 is 0. The van der Waals surface area contributed by atoms with E-state index in [1.165, 1.54) is 18.2 Å². The van der Waals surface area contributed by atoms with E-state index < -0.39 is 33.8 Å². The number of carbonyl (C=O) groups excluding carboxylic acids is 3. The molecule has 0 aliphatic carbocycles. The van der Waals surface area contributed by atoms with Crippen molar-refractivity contribution in [2.24, 2.45) is 0 Å². The molecule has 0 spiro atoms. The summed E-state index contributed by atoms with van der Waals surface area (Å²) < 4.78 is 28.3. The molecule has 29 heavy (non-hydrogen) atoms. The van der Waals surface area contributed by atoms with Gasteiger partial charge >= 0.3 is 12.0 Å². The van der Waals surface area contributed by atoms with Gasteiger partial charge in [0, 0.05) is 18.4 Å². The molecule has 0 saturated carbocycles. The molecule has 2 N–H and O–H groups in total. The van der Waals surface area contributed by atoms with E-state index in [9.17, 15) is 22.8 Å². The van der Waals surface area contributed by atoms with Gasteiger partial charge in [-0.2, -0.15) is 0 Å². The highest BCUT2D eigenvalue weighted by Gasteiger charge is 2.27. The zero-order chi connectivity index (χ0) is 21.4. The molecule has 154 valence electrons. The van der Waals surface area contributed by atoms with Gasteiger partial charge in [-0.3, -0.25) is 10.1 Å². The zero-order valence-electron chi connectivity index (χ0n) is 16.0. The van der Waals surface area contributed by atoms with Crippen LogP contribution in [0.25, 0.3) is 0 Å². The highest BCUT2D eigenvalue weighted by atomic mass is 32.2. The number of imide groups is 1. The van der Waals surface area contributed by atoms with Crippen molar-refractivity contribution < 1.29 is 27.5 Å². The van der Waals surface area contributed by atoms with E-state index in [1.54, 1.807) is 43.3 Å². The minimum Gasteiger partial charge on any atom is -0.444 e. The van der Waals surface area contributed by atoms with Crippen LogP contribution in [0.5, 0.6) is 0 Å². The maximum atomic E-state index is 12.6. The van der Waals surface area contributed by atoms with Crippen LogP contribution in [0.4, 0.5) is 4.79 Å². The number of benzene rings is 2. The molecule has 2 aromatic carbocycles. The quantitative estimate of drug-likeness (QED) is 0.664. The molecule has 0 saturated heterocycles. The van der Waals surface area contributed by atoms with Crippen LogP contribution in [0, 0.1) is 0 Å². The van der Waals surface area contributed by atoms with E-state index in [1.807, 2.05) is 0 Å². The maximum Gasteiger partial charge on any atom is 0.339 e. The Balaban J connectivity index is 2.24. The van der Waals surface area contributed by atoms with Crippen LogP contribution < -0.4 is 10.6 Å². The number of nitrogens with one attached hydrogen (secondary N) is 2. The first kappa shape index (κ1) is 22.1. The lowest BCUT2D eigenvalue weighted by atomic mass is 10.1. The van der Waals surface area contributed by atoms with Crippen LogP contribution in [0.3, 0.4) is 0 Å². The van der Waals surface area contributed by atoms with Crippen LogP contribution in [0.2, 0.25) is 0 Å². The fourth-order valence-corrected chi connectivity index (χ4v) is 3.33. The zero-order valence-corrected chi connectivity index (χ0v) is 16.9. The molecule has 0 aliphatic rings. The number of rotatable bonds is 7. The normalized spacial score (nSPS) is 11.9. The fraction of sp³-hybridized carbons (Fsp3) is 0.250. The summed E-state index contributed by atoms with van der Waals surface area (Å²) in [6, 6.07) is 13.5. The summed E-state index contributed by atoms with van der Waals surface area (Å²) in [5.74, 6) is -1.85. The molecular weight excluding hydrogens is 396 g/mol. The molecule has 0 unspecified atom stereocenters. The van der Waals surface area contributed by atoms with Gasteiger partial charge < -0.3 is 10.1 Å². The topological polar surface area (TPSA) is 119 Å². The Hall–Kier alpha value is -3.20. The van der Waals surface area contributed by atoms with Gasteiger partial charge in [0.1, 0.15) is 0 Å². The van der Waals surface area contributed by atoms with E-state index in [2.05, 4.69) is 10.6 Å². The maximum absolute atomic E-state index is 12.6. The monoisotopic (exact) mass is 418 g/mol. The standard InChI is InChI=1S/C20H22N2O6S/c1-3-21-20(25)22-18(23)17(15-9-5-4-6-10-15)28-19(24)16-11-7-8-14(12-16)13-29(2,26)27/h4-12,17H,3,13H2,1-2H3,(H2,21,22,23,25)/t17-/m0/s1. The second-order valence-electron chi connectivity index (χ2n) is 6.32. The van der Waals surface area contributed by atoms with Gasteiger partial charge in [-0.25, -0.2) is 18.0 Å². The smallest absolute Gasteiger partial charge is 0.339 e. The van der Waals surface area contributed by atoms with Crippen LogP contribution in [-0.4, -0.2) is 39.1 Å². The van der Waals surface area contributed by atoms with Gasteiger partial charge in [0.2, 0.25) is 6.10 Å². The molecular formula is C20H22N2O6S. The van der Waals surface area contributed by atoms with E-state index in [4.69, 9.17) is 4.74 Å². The first-order valence-corrected chi connectivity index (χ1v) is 10.9. The van der Waals surface area contributed by atoms with Gasteiger partial charge in [-0.05, 0) is 24.6 Å². The predicted octanol–water partition coefficient (Wildman–Crippen LogP) is 1.97. The molecule has 0 aromatic heterocycles. The van der Waals surface area contributed by atoms with Gasteiger partial charge in [-0.15, -0.1) is 0 Å². The highest BCUT2D eigenvalue weighted by molar-refractivity contribution is 7.89. The second-order valence-corrected chi connectivity index (χ2v) is 8.46. The molecule has 3 amide bonds. The molecule has 9 heteroatoms. The van der Waals surface area contributed by atoms with Crippen molar-refractivity contribution in [2.75, 3.05) is 12.8 Å². The number of esters is 1. The number of urea groups is 1. The van der Waals surface area contributed by atoms with E-state index in [-0.39, 0.29) is 11.3 Å². The lowest BCUT2D eigenvalue weighted by molar-refractivity contribution is -0.129. The largest absolute Gasteiger partial charge is 0.444 e. The molecule has 0 heterocycles. The first-order valence-electron chi connectivity index (χ1n) is 8.81. The Bertz CT molecular complexity index is 989. The van der Waals surface area contributed by atoms with Gasteiger partial charge in [0.25, 0.3) is 5.91 Å². The third kappa shape index (κ3) is 7.04. The number of amides is 3. The Morgan fingerprint density at radius 3 is 2.34 bits per heavy atom. The van der Waals surface area contributed by atoms with Crippen LogP contribution in [0.1, 0.15) is 34.5 Å². The Kier molecular flexibility index (Phi) is 7.49. The first-order chi connectivity index (χ1) is 13.7. The van der Waals surface area contributed by atoms with Gasteiger partial charge in [0.15, 0.2) is 9.84 Å². The summed E-state index contributed by atoms with van der Waals surface area (Å²) in [7, 11) is -3.28. The number of hydrogen-bond acceptors (Lipinski definition) is 6. The predicted molar refractivity (Wildman–Crippen MR) is 107 cm³/mol. The summed E-state index contributed by atoms with van der Waals surface area (Å²) in [6.45, 7) is 2.02. The molecule has 8 nitrogen and oxygen atoms in total. The molecule has 1 atom stereocenters. The Labute approximate surface area is 169 Å². The van der Waals surface area contributed by atoms with Crippen LogP contribution in [0.15, 0.2) is 54.6 Å². The van der Waals surface area contributed by atoms with Crippen molar-refractivity contribution in [3.8, 4) is 0 Å². The molecule has 0 fully saturated rings. The molecule has 0 aliphatic heterocycles. The number of sulfone groups is 1. The van der Waals surface area contributed by atoms with Gasteiger partial charge in [0.05, 0.1) is 11.3 Å². The Morgan fingerprint density at radius 1 is 1.03 bits per heavy atom. The average Bonchev–Trinajstić information content (AvgIpc) is 2.65. The third-order valence-electron chi connectivity index (χ3n) is 3.73.